The standard InChI is InChI=1S/C26H32FN5O3/c1-16-7-8-19(23(27)17(16)2)25-28-30-32(29-25)15-22(33)18-13-20(26(3,4)5)24(34-6)21(14-18)31-9-11-35-12-10-31/h7-8,13-14H,9-12,15H2,1-6H3. The molecule has 0 radical (unpaired) electrons. The van der Waals surface area contributed by atoms with Gasteiger partial charge in [0, 0.05) is 24.2 Å². The van der Waals surface area contributed by atoms with E-state index in [9.17, 15) is 9.18 Å². The number of nitrogens with zero attached hydrogens (tertiary/aromatic N) is 5. The molecule has 0 bridgehead atoms. The molecule has 1 aliphatic heterocycles. The van der Waals surface area contributed by atoms with E-state index in [-0.39, 0.29) is 34.9 Å². The maximum atomic E-state index is 14.7. The first-order valence-corrected chi connectivity index (χ1v) is 11.7. The molecule has 186 valence electrons. The molecule has 9 heteroatoms. The van der Waals surface area contributed by atoms with Crippen LogP contribution in [0, 0.1) is 19.7 Å². The minimum absolute atomic E-state index is 0.113. The van der Waals surface area contributed by atoms with E-state index in [4.69, 9.17) is 9.47 Å². The van der Waals surface area contributed by atoms with Gasteiger partial charge in [-0.2, -0.15) is 4.80 Å². The lowest BCUT2D eigenvalue weighted by Gasteiger charge is -2.33. The molecule has 0 unspecified atom stereocenters. The Balaban J connectivity index is 1.66. The van der Waals surface area contributed by atoms with E-state index in [2.05, 4.69) is 41.1 Å². The van der Waals surface area contributed by atoms with Crippen LogP contribution in [0.1, 0.15) is 47.8 Å². The molecule has 0 amide bonds. The van der Waals surface area contributed by atoms with Crippen molar-refractivity contribution in [2.24, 2.45) is 0 Å². The Hall–Kier alpha value is -3.33. The first-order chi connectivity index (χ1) is 16.6. The molecule has 1 fully saturated rings. The zero-order valence-electron chi connectivity index (χ0n) is 21.2. The molecule has 0 spiro atoms. The third-order valence-corrected chi connectivity index (χ3v) is 6.39. The number of carbonyl (C=O) groups is 1. The number of rotatable bonds is 6. The average Bonchev–Trinajstić information content (AvgIpc) is 3.29. The number of carbonyl (C=O) groups excluding carboxylic acids is 1. The smallest absolute Gasteiger partial charge is 0.207 e. The van der Waals surface area contributed by atoms with Crippen LogP contribution in [0.4, 0.5) is 10.1 Å². The van der Waals surface area contributed by atoms with Crippen molar-refractivity contribution in [3.8, 4) is 17.1 Å². The fraction of sp³-hybridized carbons (Fsp3) is 0.462. The van der Waals surface area contributed by atoms with Gasteiger partial charge in [-0.3, -0.25) is 4.79 Å². The first-order valence-electron chi connectivity index (χ1n) is 11.7. The van der Waals surface area contributed by atoms with E-state index in [1.807, 2.05) is 25.1 Å². The first kappa shape index (κ1) is 24.8. The van der Waals surface area contributed by atoms with Crippen LogP contribution in [-0.2, 0) is 16.7 Å². The second kappa shape index (κ2) is 9.73. The maximum Gasteiger partial charge on any atom is 0.207 e. The molecule has 0 atom stereocenters. The van der Waals surface area contributed by atoms with Gasteiger partial charge in [0.05, 0.1) is 31.6 Å². The minimum Gasteiger partial charge on any atom is -0.494 e. The fourth-order valence-corrected chi connectivity index (χ4v) is 4.18. The van der Waals surface area contributed by atoms with Crippen molar-refractivity contribution in [2.75, 3.05) is 38.3 Å². The zero-order chi connectivity index (χ0) is 25.3. The third kappa shape index (κ3) is 5.05. The molecule has 1 aromatic heterocycles. The molecule has 1 saturated heterocycles. The number of hydrogen-bond acceptors (Lipinski definition) is 7. The molecule has 4 rings (SSSR count). The van der Waals surface area contributed by atoms with Gasteiger partial charge in [-0.25, -0.2) is 4.39 Å². The lowest BCUT2D eigenvalue weighted by molar-refractivity contribution is 0.0961. The third-order valence-electron chi connectivity index (χ3n) is 6.39. The van der Waals surface area contributed by atoms with Gasteiger partial charge < -0.3 is 14.4 Å². The molecule has 0 aliphatic carbocycles. The number of anilines is 1. The molecular weight excluding hydrogens is 449 g/mol. The van der Waals surface area contributed by atoms with Gasteiger partial charge in [0.25, 0.3) is 0 Å². The summed E-state index contributed by atoms with van der Waals surface area (Å²) in [4.78, 5) is 16.7. The molecule has 8 nitrogen and oxygen atoms in total. The SMILES string of the molecule is COc1c(N2CCOCC2)cc(C(=O)Cn2nnc(-c3ccc(C)c(C)c3F)n2)cc1C(C)(C)C. The van der Waals surface area contributed by atoms with Crippen molar-refractivity contribution in [1.29, 1.82) is 0 Å². The molecule has 2 heterocycles. The van der Waals surface area contributed by atoms with Crippen molar-refractivity contribution in [3.63, 3.8) is 0 Å². The van der Waals surface area contributed by atoms with Gasteiger partial charge >= 0.3 is 0 Å². The van der Waals surface area contributed by atoms with Crippen molar-refractivity contribution in [2.45, 2.75) is 46.6 Å². The Bertz CT molecular complexity index is 1240. The van der Waals surface area contributed by atoms with Crippen LogP contribution in [0.15, 0.2) is 24.3 Å². The number of aryl methyl sites for hydroxylation is 1. The highest BCUT2D eigenvalue weighted by atomic mass is 19.1. The van der Waals surface area contributed by atoms with Gasteiger partial charge in [0.2, 0.25) is 5.82 Å². The molecule has 2 aromatic carbocycles. The maximum absolute atomic E-state index is 14.7. The second-order valence-electron chi connectivity index (χ2n) is 9.86. The van der Waals surface area contributed by atoms with Gasteiger partial charge in [-0.1, -0.05) is 26.8 Å². The van der Waals surface area contributed by atoms with E-state index >= 15 is 0 Å². The van der Waals surface area contributed by atoms with Gasteiger partial charge in [-0.15, -0.1) is 10.2 Å². The highest BCUT2D eigenvalue weighted by Gasteiger charge is 2.27. The number of methoxy groups -OCH3 is 1. The van der Waals surface area contributed by atoms with Gasteiger partial charge in [0.1, 0.15) is 18.1 Å². The van der Waals surface area contributed by atoms with Crippen LogP contribution in [0.5, 0.6) is 5.75 Å². The van der Waals surface area contributed by atoms with Gasteiger partial charge in [-0.05, 0) is 53.8 Å². The predicted molar refractivity (Wildman–Crippen MR) is 132 cm³/mol. The monoisotopic (exact) mass is 481 g/mol. The average molecular weight is 482 g/mol. The molecule has 0 N–H and O–H groups in total. The van der Waals surface area contributed by atoms with E-state index in [0.717, 1.165) is 22.6 Å². The summed E-state index contributed by atoms with van der Waals surface area (Å²) in [5, 5.41) is 12.3. The van der Waals surface area contributed by atoms with Crippen LogP contribution in [0.3, 0.4) is 0 Å². The van der Waals surface area contributed by atoms with Crippen molar-refractivity contribution >= 4 is 11.5 Å². The fourth-order valence-electron chi connectivity index (χ4n) is 4.18. The number of morpholine rings is 1. The Morgan fingerprint density at radius 3 is 2.54 bits per heavy atom. The van der Waals surface area contributed by atoms with E-state index < -0.39 is 0 Å². The van der Waals surface area contributed by atoms with Crippen LogP contribution >= 0.6 is 0 Å². The lowest BCUT2D eigenvalue weighted by atomic mass is 9.84. The summed E-state index contributed by atoms with van der Waals surface area (Å²) in [6, 6.07) is 7.20. The summed E-state index contributed by atoms with van der Waals surface area (Å²) in [7, 11) is 1.66. The van der Waals surface area contributed by atoms with E-state index in [0.29, 0.717) is 37.4 Å². The summed E-state index contributed by atoms with van der Waals surface area (Å²) in [6.45, 7) is 12.4. The number of Topliss-reactive ketones (excluding diaryl/α,β-unsaturated/α-hetero) is 1. The van der Waals surface area contributed by atoms with Crippen LogP contribution in [-0.4, -0.2) is 59.4 Å². The summed E-state index contributed by atoms with van der Waals surface area (Å²) in [6.07, 6.45) is 0. The van der Waals surface area contributed by atoms with Crippen molar-refractivity contribution in [1.82, 2.24) is 20.2 Å². The highest BCUT2D eigenvalue weighted by molar-refractivity contribution is 5.97. The van der Waals surface area contributed by atoms with Crippen molar-refractivity contribution < 1.29 is 18.7 Å². The molecule has 1 aliphatic rings. The Morgan fingerprint density at radius 1 is 1.17 bits per heavy atom. The Kier molecular flexibility index (Phi) is 6.89. The molecule has 35 heavy (non-hydrogen) atoms. The van der Waals surface area contributed by atoms with E-state index in [1.165, 1.54) is 4.80 Å². The van der Waals surface area contributed by atoms with E-state index in [1.54, 1.807) is 20.1 Å². The summed E-state index contributed by atoms with van der Waals surface area (Å²) >= 11 is 0. The Labute approximate surface area is 205 Å². The minimum atomic E-state index is -0.379. The largest absolute Gasteiger partial charge is 0.494 e. The second-order valence-corrected chi connectivity index (χ2v) is 9.86. The number of aromatic nitrogens is 4. The normalized spacial score (nSPS) is 14.3. The van der Waals surface area contributed by atoms with Crippen LogP contribution in [0.25, 0.3) is 11.4 Å². The van der Waals surface area contributed by atoms with Crippen LogP contribution < -0.4 is 9.64 Å². The number of tetrazole rings is 1. The highest BCUT2D eigenvalue weighted by Crippen LogP contribution is 2.40. The van der Waals surface area contributed by atoms with Crippen molar-refractivity contribution in [3.05, 3.63) is 52.3 Å². The number of ether oxygens (including phenoxy) is 2. The number of halogens is 1. The Morgan fingerprint density at radius 2 is 1.89 bits per heavy atom. The van der Waals surface area contributed by atoms with Gasteiger partial charge in [0.15, 0.2) is 5.78 Å². The number of hydrogen-bond donors (Lipinski definition) is 0. The topological polar surface area (TPSA) is 82.4 Å². The molecule has 3 aromatic rings. The molecule has 0 saturated carbocycles. The lowest BCUT2D eigenvalue weighted by Crippen LogP contribution is -2.37. The van der Waals surface area contributed by atoms with Crippen LogP contribution in [0.2, 0.25) is 0 Å². The summed E-state index contributed by atoms with van der Waals surface area (Å²) in [5.74, 6) is 0.369. The quantitative estimate of drug-likeness (QED) is 0.490. The predicted octanol–water partition coefficient (Wildman–Crippen LogP) is 4.12. The number of benzene rings is 2. The zero-order valence-corrected chi connectivity index (χ0v) is 21.2. The summed E-state index contributed by atoms with van der Waals surface area (Å²) in [5.41, 5.74) is 3.75. The number of ketones is 1. The molecular formula is C26H32FN5O3. The summed E-state index contributed by atoms with van der Waals surface area (Å²) < 4.78 is 26.1.